The van der Waals surface area contributed by atoms with Crippen LogP contribution in [-0.2, 0) is 6.54 Å². The third-order valence-corrected chi connectivity index (χ3v) is 4.00. The summed E-state index contributed by atoms with van der Waals surface area (Å²) in [5, 5.41) is 8.06. The minimum Gasteiger partial charge on any atom is -0.358 e. The van der Waals surface area contributed by atoms with Gasteiger partial charge >= 0.3 is 0 Å². The van der Waals surface area contributed by atoms with Gasteiger partial charge in [0.15, 0.2) is 5.96 Å². The standard InChI is InChI=1S/C16H22N4/c1-9-5-13(8-18-16-17-7-10(2)19-16)15-14(6-9)11(3)12(4)20-15/h5-6,10,20H,7-8H2,1-4H3,(H2,17,18,19). The summed E-state index contributed by atoms with van der Waals surface area (Å²) < 4.78 is 0. The molecule has 4 heteroatoms. The Bertz CT molecular complexity index is 681. The first-order valence-corrected chi connectivity index (χ1v) is 7.18. The van der Waals surface area contributed by atoms with Gasteiger partial charge in [0.05, 0.1) is 12.1 Å². The van der Waals surface area contributed by atoms with E-state index in [-0.39, 0.29) is 0 Å². The van der Waals surface area contributed by atoms with Crippen molar-refractivity contribution in [3.05, 3.63) is 34.5 Å². The molecule has 1 aliphatic heterocycles. The lowest BCUT2D eigenvalue weighted by molar-refractivity contribution is 0.713. The number of aryl methyl sites for hydroxylation is 3. The highest BCUT2D eigenvalue weighted by Gasteiger charge is 2.13. The second-order valence-corrected chi connectivity index (χ2v) is 5.81. The summed E-state index contributed by atoms with van der Waals surface area (Å²) >= 11 is 0. The summed E-state index contributed by atoms with van der Waals surface area (Å²) in [6, 6.07) is 4.93. The molecule has 20 heavy (non-hydrogen) atoms. The molecule has 1 atom stereocenters. The molecule has 0 aliphatic carbocycles. The summed E-state index contributed by atoms with van der Waals surface area (Å²) in [5.74, 6) is 0.909. The van der Waals surface area contributed by atoms with E-state index in [4.69, 9.17) is 0 Å². The number of nitrogens with zero attached hydrogens (tertiary/aromatic N) is 1. The van der Waals surface area contributed by atoms with Crippen LogP contribution in [0.5, 0.6) is 0 Å². The zero-order chi connectivity index (χ0) is 14.3. The van der Waals surface area contributed by atoms with Crippen LogP contribution >= 0.6 is 0 Å². The molecule has 0 fully saturated rings. The number of rotatable bonds is 2. The van der Waals surface area contributed by atoms with Gasteiger partial charge in [-0.05, 0) is 44.9 Å². The third kappa shape index (κ3) is 2.26. The fourth-order valence-electron chi connectivity index (χ4n) is 2.77. The molecule has 2 heterocycles. The third-order valence-electron chi connectivity index (χ3n) is 4.00. The van der Waals surface area contributed by atoms with Crippen LogP contribution in [0.4, 0.5) is 0 Å². The van der Waals surface area contributed by atoms with E-state index in [9.17, 15) is 0 Å². The van der Waals surface area contributed by atoms with Gasteiger partial charge in [-0.3, -0.25) is 4.99 Å². The van der Waals surface area contributed by atoms with Gasteiger partial charge in [0.1, 0.15) is 0 Å². The van der Waals surface area contributed by atoms with Gasteiger partial charge in [0.25, 0.3) is 0 Å². The molecule has 1 aliphatic rings. The van der Waals surface area contributed by atoms with Gasteiger partial charge in [0, 0.05) is 23.7 Å². The minimum atomic E-state index is 0.435. The second-order valence-electron chi connectivity index (χ2n) is 5.81. The topological polar surface area (TPSA) is 52.2 Å². The first kappa shape index (κ1) is 13.0. The highest BCUT2D eigenvalue weighted by atomic mass is 15.2. The zero-order valence-electron chi connectivity index (χ0n) is 12.6. The summed E-state index contributed by atoms with van der Waals surface area (Å²) in [6.45, 7) is 10.2. The molecule has 0 amide bonds. The molecule has 4 nitrogen and oxygen atoms in total. The van der Waals surface area contributed by atoms with Crippen LogP contribution in [0.1, 0.15) is 29.3 Å². The van der Waals surface area contributed by atoms with E-state index in [0.29, 0.717) is 6.04 Å². The van der Waals surface area contributed by atoms with E-state index < -0.39 is 0 Å². The van der Waals surface area contributed by atoms with Crippen LogP contribution < -0.4 is 10.6 Å². The van der Waals surface area contributed by atoms with Crippen molar-refractivity contribution in [3.8, 4) is 0 Å². The van der Waals surface area contributed by atoms with Crippen molar-refractivity contribution in [1.29, 1.82) is 0 Å². The summed E-state index contributed by atoms with van der Waals surface area (Å²) in [5.41, 5.74) is 6.42. The smallest absolute Gasteiger partial charge is 0.191 e. The Kier molecular flexibility index (Phi) is 3.16. The lowest BCUT2D eigenvalue weighted by Crippen LogP contribution is -2.37. The maximum Gasteiger partial charge on any atom is 0.191 e. The Hall–Kier alpha value is -1.97. The first-order valence-electron chi connectivity index (χ1n) is 7.18. The highest BCUT2D eigenvalue weighted by molar-refractivity contribution is 5.88. The zero-order valence-corrected chi connectivity index (χ0v) is 12.6. The summed E-state index contributed by atoms with van der Waals surface area (Å²) in [4.78, 5) is 7.95. The molecule has 1 unspecified atom stereocenters. The quantitative estimate of drug-likeness (QED) is 0.785. The van der Waals surface area contributed by atoms with Crippen molar-refractivity contribution in [2.75, 3.05) is 6.54 Å². The van der Waals surface area contributed by atoms with Crippen molar-refractivity contribution in [2.45, 2.75) is 40.3 Å². The monoisotopic (exact) mass is 270 g/mol. The maximum atomic E-state index is 4.44. The van der Waals surface area contributed by atoms with E-state index in [0.717, 1.165) is 19.0 Å². The van der Waals surface area contributed by atoms with Gasteiger partial charge in [-0.2, -0.15) is 0 Å². The Morgan fingerprint density at radius 3 is 2.80 bits per heavy atom. The number of benzene rings is 1. The van der Waals surface area contributed by atoms with Crippen LogP contribution in [0, 0.1) is 20.8 Å². The lowest BCUT2D eigenvalue weighted by Gasteiger charge is -2.10. The molecular formula is C16H22N4. The number of aromatic nitrogens is 1. The number of hydrogen-bond donors (Lipinski definition) is 3. The van der Waals surface area contributed by atoms with Gasteiger partial charge in [-0.25, -0.2) is 0 Å². The number of aromatic amines is 1. The van der Waals surface area contributed by atoms with Crippen LogP contribution in [0.15, 0.2) is 17.1 Å². The average molecular weight is 270 g/mol. The Morgan fingerprint density at radius 1 is 1.30 bits per heavy atom. The van der Waals surface area contributed by atoms with E-state index in [1.165, 1.54) is 33.3 Å². The first-order chi connectivity index (χ1) is 9.54. The van der Waals surface area contributed by atoms with Gasteiger partial charge in [-0.1, -0.05) is 11.6 Å². The molecule has 3 N–H and O–H groups in total. The van der Waals surface area contributed by atoms with Crippen molar-refractivity contribution in [1.82, 2.24) is 15.6 Å². The molecule has 1 aromatic carbocycles. The summed E-state index contributed by atoms with van der Waals surface area (Å²) in [7, 11) is 0. The minimum absolute atomic E-state index is 0.435. The van der Waals surface area contributed by atoms with Gasteiger partial charge < -0.3 is 15.6 Å². The number of fused-ring (bicyclic) bond motifs is 1. The number of guanidine groups is 1. The van der Waals surface area contributed by atoms with Gasteiger partial charge in [-0.15, -0.1) is 0 Å². The molecule has 0 spiro atoms. The SMILES string of the molecule is Cc1cc(CNC2=NCC(C)N2)c2[nH]c(C)c(C)c2c1. The predicted octanol–water partition coefficient (Wildman–Crippen LogP) is 2.53. The molecule has 0 radical (unpaired) electrons. The normalized spacial score (nSPS) is 18.2. The Labute approximate surface area is 119 Å². The van der Waals surface area contributed by atoms with Crippen molar-refractivity contribution < 1.29 is 0 Å². The lowest BCUT2D eigenvalue weighted by atomic mass is 10.0. The van der Waals surface area contributed by atoms with Crippen molar-refractivity contribution in [3.63, 3.8) is 0 Å². The number of nitrogens with one attached hydrogen (secondary N) is 3. The predicted molar refractivity (Wildman–Crippen MR) is 84.2 cm³/mol. The van der Waals surface area contributed by atoms with Crippen LogP contribution in [0.25, 0.3) is 10.9 Å². The fourth-order valence-corrected chi connectivity index (χ4v) is 2.77. The Balaban J connectivity index is 1.89. The van der Waals surface area contributed by atoms with E-state index in [2.05, 4.69) is 60.4 Å². The molecule has 3 rings (SSSR count). The van der Waals surface area contributed by atoms with Crippen molar-refractivity contribution in [2.24, 2.45) is 4.99 Å². The molecular weight excluding hydrogens is 248 g/mol. The molecule has 0 saturated carbocycles. The molecule has 1 aromatic heterocycles. The Morgan fingerprint density at radius 2 is 2.10 bits per heavy atom. The van der Waals surface area contributed by atoms with Crippen LogP contribution in [0.3, 0.4) is 0 Å². The van der Waals surface area contributed by atoms with Gasteiger partial charge in [0.2, 0.25) is 0 Å². The molecule has 106 valence electrons. The maximum absolute atomic E-state index is 4.44. The van der Waals surface area contributed by atoms with E-state index in [1.54, 1.807) is 0 Å². The average Bonchev–Trinajstić information content (AvgIpc) is 2.94. The highest BCUT2D eigenvalue weighted by Crippen LogP contribution is 2.25. The molecule has 0 bridgehead atoms. The largest absolute Gasteiger partial charge is 0.358 e. The fraction of sp³-hybridized carbons (Fsp3) is 0.438. The van der Waals surface area contributed by atoms with E-state index in [1.807, 2.05) is 0 Å². The number of hydrogen-bond acceptors (Lipinski definition) is 3. The van der Waals surface area contributed by atoms with Crippen molar-refractivity contribution >= 4 is 16.9 Å². The molecule has 2 aromatic rings. The molecule has 0 saturated heterocycles. The van der Waals surface area contributed by atoms with Crippen LogP contribution in [0.2, 0.25) is 0 Å². The summed E-state index contributed by atoms with van der Waals surface area (Å²) in [6.07, 6.45) is 0. The number of aliphatic imine (C=N–C) groups is 1. The number of H-pyrrole nitrogens is 1. The van der Waals surface area contributed by atoms with E-state index >= 15 is 0 Å². The van der Waals surface area contributed by atoms with Crippen LogP contribution in [-0.4, -0.2) is 23.5 Å². The second kappa shape index (κ2) is 4.85.